The number of carbonyl (C=O) groups is 2. The first-order valence-electron chi connectivity index (χ1n) is 11.6. The Morgan fingerprint density at radius 1 is 1.06 bits per heavy atom. The van der Waals surface area contributed by atoms with Crippen LogP contribution < -0.4 is 15.4 Å². The van der Waals surface area contributed by atoms with Crippen molar-refractivity contribution in [2.75, 3.05) is 18.2 Å². The maximum Gasteiger partial charge on any atom is 0.251 e. The smallest absolute Gasteiger partial charge is 0.251 e. The Labute approximate surface area is 217 Å². The van der Waals surface area contributed by atoms with E-state index in [0.717, 1.165) is 35.8 Å². The van der Waals surface area contributed by atoms with Crippen LogP contribution in [0.4, 0.5) is 5.69 Å². The number of amides is 2. The molecule has 0 aliphatic heterocycles. The van der Waals surface area contributed by atoms with Crippen LogP contribution in [0.5, 0.6) is 5.75 Å². The fourth-order valence-electron chi connectivity index (χ4n) is 4.10. The zero-order valence-electron chi connectivity index (χ0n) is 19.5. The standard InChI is InChI=1S/C25H28BrN5O3S/c1-34-21-13-7-17(8-14-21)24(33)27-15-22-29-30-25(31(22)20-5-3-2-4-6-20)35-16-23(32)28-19-11-9-18(26)10-12-19/h7-14,20H,2-6,15-16H2,1H3,(H,27,33)(H,28,32). The maximum absolute atomic E-state index is 12.7. The van der Waals surface area contributed by atoms with Crippen molar-refractivity contribution in [2.45, 2.75) is 49.8 Å². The zero-order chi connectivity index (χ0) is 24.6. The second-order valence-electron chi connectivity index (χ2n) is 8.32. The van der Waals surface area contributed by atoms with Gasteiger partial charge < -0.3 is 19.9 Å². The van der Waals surface area contributed by atoms with Crippen molar-refractivity contribution < 1.29 is 14.3 Å². The van der Waals surface area contributed by atoms with Crippen molar-refractivity contribution >= 4 is 45.2 Å². The van der Waals surface area contributed by atoms with Gasteiger partial charge in [-0.1, -0.05) is 47.0 Å². The molecule has 0 saturated heterocycles. The van der Waals surface area contributed by atoms with Crippen LogP contribution in [-0.4, -0.2) is 39.4 Å². The monoisotopic (exact) mass is 557 g/mol. The van der Waals surface area contributed by atoms with Crippen LogP contribution in [0.1, 0.15) is 54.3 Å². The molecule has 184 valence electrons. The van der Waals surface area contributed by atoms with Gasteiger partial charge in [-0.2, -0.15) is 0 Å². The number of thioether (sulfide) groups is 1. The third-order valence-electron chi connectivity index (χ3n) is 5.89. The number of hydrogen-bond donors (Lipinski definition) is 2. The van der Waals surface area contributed by atoms with Crippen LogP contribution in [-0.2, 0) is 11.3 Å². The van der Waals surface area contributed by atoms with Crippen LogP contribution in [0.25, 0.3) is 0 Å². The molecule has 35 heavy (non-hydrogen) atoms. The first-order chi connectivity index (χ1) is 17.0. The molecule has 8 nitrogen and oxygen atoms in total. The molecule has 0 spiro atoms. The molecular formula is C25H28BrN5O3S. The molecule has 2 amide bonds. The topological polar surface area (TPSA) is 98.1 Å². The predicted molar refractivity (Wildman–Crippen MR) is 140 cm³/mol. The lowest BCUT2D eigenvalue weighted by molar-refractivity contribution is -0.113. The summed E-state index contributed by atoms with van der Waals surface area (Å²) in [5, 5.41) is 15.3. The second kappa shape index (κ2) is 12.2. The molecule has 1 aliphatic rings. The van der Waals surface area contributed by atoms with Gasteiger partial charge in [0.1, 0.15) is 5.75 Å². The predicted octanol–water partition coefficient (Wildman–Crippen LogP) is 5.22. The summed E-state index contributed by atoms with van der Waals surface area (Å²) >= 11 is 4.76. The molecule has 1 saturated carbocycles. The highest BCUT2D eigenvalue weighted by molar-refractivity contribution is 9.10. The summed E-state index contributed by atoms with van der Waals surface area (Å²) in [6, 6.07) is 14.7. The minimum Gasteiger partial charge on any atom is -0.497 e. The van der Waals surface area contributed by atoms with Crippen LogP contribution in [0, 0.1) is 0 Å². The summed E-state index contributed by atoms with van der Waals surface area (Å²) in [5.74, 6) is 1.33. The van der Waals surface area contributed by atoms with Crippen molar-refractivity contribution in [3.8, 4) is 5.75 Å². The molecule has 2 aromatic carbocycles. The molecule has 4 rings (SSSR count). The van der Waals surface area contributed by atoms with E-state index in [-0.39, 0.29) is 30.2 Å². The number of benzene rings is 2. The average Bonchev–Trinajstić information content (AvgIpc) is 3.30. The number of rotatable bonds is 9. The normalized spacial score (nSPS) is 13.9. The molecule has 2 N–H and O–H groups in total. The van der Waals surface area contributed by atoms with E-state index < -0.39 is 0 Å². The average molecular weight is 559 g/mol. The number of aromatic nitrogens is 3. The van der Waals surface area contributed by atoms with Gasteiger partial charge in [-0.15, -0.1) is 10.2 Å². The van der Waals surface area contributed by atoms with E-state index in [9.17, 15) is 9.59 Å². The molecule has 1 aromatic heterocycles. The molecule has 1 aliphatic carbocycles. The van der Waals surface area contributed by atoms with Gasteiger partial charge in [-0.25, -0.2) is 0 Å². The van der Waals surface area contributed by atoms with Crippen molar-refractivity contribution in [3.05, 3.63) is 64.4 Å². The van der Waals surface area contributed by atoms with Gasteiger partial charge in [-0.3, -0.25) is 9.59 Å². The number of nitrogens with zero attached hydrogens (tertiary/aromatic N) is 3. The third kappa shape index (κ3) is 6.85. The zero-order valence-corrected chi connectivity index (χ0v) is 21.9. The van der Waals surface area contributed by atoms with E-state index in [1.165, 1.54) is 18.2 Å². The number of hydrogen-bond acceptors (Lipinski definition) is 6. The SMILES string of the molecule is COc1ccc(C(=O)NCc2nnc(SCC(=O)Nc3ccc(Br)cc3)n2C2CCCCC2)cc1. The number of methoxy groups -OCH3 is 1. The van der Waals surface area contributed by atoms with E-state index in [1.807, 2.05) is 24.3 Å². The van der Waals surface area contributed by atoms with Crippen LogP contribution in [0.2, 0.25) is 0 Å². The highest BCUT2D eigenvalue weighted by Crippen LogP contribution is 2.32. The van der Waals surface area contributed by atoms with Crippen LogP contribution >= 0.6 is 27.7 Å². The van der Waals surface area contributed by atoms with E-state index >= 15 is 0 Å². The van der Waals surface area contributed by atoms with Crippen LogP contribution in [0.15, 0.2) is 58.2 Å². The summed E-state index contributed by atoms with van der Waals surface area (Å²) in [5.41, 5.74) is 1.29. The molecule has 0 radical (unpaired) electrons. The molecule has 0 bridgehead atoms. The number of ether oxygens (including phenoxy) is 1. The van der Waals surface area contributed by atoms with Crippen molar-refractivity contribution in [1.82, 2.24) is 20.1 Å². The van der Waals surface area contributed by atoms with Gasteiger partial charge in [0.25, 0.3) is 5.91 Å². The minimum atomic E-state index is -0.186. The third-order valence-corrected chi connectivity index (χ3v) is 7.37. The Morgan fingerprint density at radius 2 is 1.77 bits per heavy atom. The highest BCUT2D eigenvalue weighted by atomic mass is 79.9. The summed E-state index contributed by atoms with van der Waals surface area (Å²) in [4.78, 5) is 25.2. The van der Waals surface area contributed by atoms with Crippen LogP contribution in [0.3, 0.4) is 0 Å². The van der Waals surface area contributed by atoms with Gasteiger partial charge in [0.05, 0.1) is 19.4 Å². The van der Waals surface area contributed by atoms with E-state index in [4.69, 9.17) is 4.74 Å². The molecule has 10 heteroatoms. The quantitative estimate of drug-likeness (QED) is 0.350. The molecule has 0 unspecified atom stereocenters. The lowest BCUT2D eigenvalue weighted by Gasteiger charge is -2.25. The summed E-state index contributed by atoms with van der Waals surface area (Å²) in [7, 11) is 1.59. The Morgan fingerprint density at radius 3 is 2.46 bits per heavy atom. The summed E-state index contributed by atoms with van der Waals surface area (Å²) in [6.45, 7) is 0.264. The number of nitrogens with one attached hydrogen (secondary N) is 2. The highest BCUT2D eigenvalue weighted by Gasteiger charge is 2.24. The maximum atomic E-state index is 12.7. The number of carbonyl (C=O) groups excluding carboxylic acids is 2. The van der Waals surface area contributed by atoms with Crippen molar-refractivity contribution in [2.24, 2.45) is 0 Å². The Balaban J connectivity index is 1.42. The Bertz CT molecular complexity index is 1140. The van der Waals surface area contributed by atoms with Gasteiger partial charge in [0.15, 0.2) is 11.0 Å². The first-order valence-corrected chi connectivity index (χ1v) is 13.4. The second-order valence-corrected chi connectivity index (χ2v) is 10.2. The lowest BCUT2D eigenvalue weighted by Crippen LogP contribution is -2.26. The molecule has 1 fully saturated rings. The molecule has 1 heterocycles. The van der Waals surface area contributed by atoms with Gasteiger partial charge >= 0.3 is 0 Å². The molecule has 0 atom stereocenters. The van der Waals surface area contributed by atoms with Crippen molar-refractivity contribution in [1.29, 1.82) is 0 Å². The van der Waals surface area contributed by atoms with E-state index in [2.05, 4.69) is 41.3 Å². The first kappa shape index (κ1) is 25.2. The molecular weight excluding hydrogens is 530 g/mol. The Hall–Kier alpha value is -2.85. The summed E-state index contributed by atoms with van der Waals surface area (Å²) < 4.78 is 8.23. The number of anilines is 1. The fraction of sp³-hybridized carbons (Fsp3) is 0.360. The van der Waals surface area contributed by atoms with Gasteiger partial charge in [0, 0.05) is 21.8 Å². The van der Waals surface area contributed by atoms with Crippen molar-refractivity contribution in [3.63, 3.8) is 0 Å². The summed E-state index contributed by atoms with van der Waals surface area (Å²) in [6.07, 6.45) is 5.59. The molecule has 3 aromatic rings. The number of halogens is 1. The largest absolute Gasteiger partial charge is 0.497 e. The van der Waals surface area contributed by atoms with Gasteiger partial charge in [-0.05, 0) is 61.4 Å². The lowest BCUT2D eigenvalue weighted by atomic mass is 9.95. The van der Waals surface area contributed by atoms with E-state index in [0.29, 0.717) is 22.3 Å². The Kier molecular flexibility index (Phi) is 8.81. The van der Waals surface area contributed by atoms with Gasteiger partial charge in [0.2, 0.25) is 5.91 Å². The fourth-order valence-corrected chi connectivity index (χ4v) is 5.19. The minimum absolute atomic E-state index is 0.107. The van der Waals surface area contributed by atoms with E-state index in [1.54, 1.807) is 31.4 Å².